The van der Waals surface area contributed by atoms with Gasteiger partial charge in [0.25, 0.3) is 5.56 Å². The van der Waals surface area contributed by atoms with Crippen LogP contribution in [0.1, 0.15) is 25.7 Å². The highest BCUT2D eigenvalue weighted by molar-refractivity contribution is 6.31. The molecule has 118 valence electrons. The van der Waals surface area contributed by atoms with Gasteiger partial charge in [0.15, 0.2) is 5.82 Å². The summed E-state index contributed by atoms with van der Waals surface area (Å²) in [5.41, 5.74) is 0.753. The molecule has 0 saturated carbocycles. The molecule has 0 unspecified atom stereocenters. The zero-order valence-electron chi connectivity index (χ0n) is 13.1. The number of hydrogen-bond acceptors (Lipinski definition) is 2. The number of quaternary nitrogens is 2. The molecule has 0 spiro atoms. The summed E-state index contributed by atoms with van der Waals surface area (Å²) in [4.78, 5) is 19.1. The Morgan fingerprint density at radius 1 is 1.41 bits per heavy atom. The van der Waals surface area contributed by atoms with Gasteiger partial charge in [-0.3, -0.25) is 9.36 Å². The van der Waals surface area contributed by atoms with Crippen molar-refractivity contribution in [3.63, 3.8) is 0 Å². The van der Waals surface area contributed by atoms with Gasteiger partial charge in [-0.1, -0.05) is 11.6 Å². The largest absolute Gasteiger partial charge is 0.337 e. The van der Waals surface area contributed by atoms with Crippen LogP contribution in [0, 0.1) is 0 Å². The first kappa shape index (κ1) is 15.5. The molecule has 1 saturated heterocycles. The van der Waals surface area contributed by atoms with Crippen LogP contribution in [0.2, 0.25) is 5.02 Å². The summed E-state index contributed by atoms with van der Waals surface area (Å²) in [6.07, 6.45) is 0. The van der Waals surface area contributed by atoms with E-state index in [1.165, 1.54) is 4.90 Å². The van der Waals surface area contributed by atoms with Crippen molar-refractivity contribution in [1.82, 2.24) is 9.55 Å². The topological polar surface area (TPSA) is 55.9 Å². The second-order valence-electron chi connectivity index (χ2n) is 5.93. The second-order valence-corrected chi connectivity index (χ2v) is 6.36. The van der Waals surface area contributed by atoms with Crippen LogP contribution in [-0.2, 0) is 6.54 Å². The molecule has 0 amide bonds. The molecule has 22 heavy (non-hydrogen) atoms. The molecule has 0 radical (unpaired) electrons. The lowest BCUT2D eigenvalue weighted by Gasteiger charge is -2.28. The smallest absolute Gasteiger partial charge is 0.261 e. The molecule has 2 heterocycles. The van der Waals surface area contributed by atoms with Crippen LogP contribution >= 0.6 is 11.6 Å². The van der Waals surface area contributed by atoms with E-state index in [-0.39, 0.29) is 11.6 Å². The third kappa shape index (κ3) is 2.76. The van der Waals surface area contributed by atoms with E-state index in [0.29, 0.717) is 17.0 Å². The maximum atomic E-state index is 12.8. The lowest BCUT2D eigenvalue weighted by Crippen LogP contribution is -3.20. The summed E-state index contributed by atoms with van der Waals surface area (Å²) in [6, 6.07) is 5.58. The minimum absolute atomic E-state index is 0.0137. The van der Waals surface area contributed by atoms with Crippen molar-refractivity contribution in [2.24, 2.45) is 0 Å². The van der Waals surface area contributed by atoms with Gasteiger partial charge >= 0.3 is 0 Å². The summed E-state index contributed by atoms with van der Waals surface area (Å²) in [6.45, 7) is 9.30. The Morgan fingerprint density at radius 2 is 2.14 bits per heavy atom. The van der Waals surface area contributed by atoms with E-state index in [2.05, 4.69) is 12.2 Å². The van der Waals surface area contributed by atoms with E-state index >= 15 is 0 Å². The zero-order chi connectivity index (χ0) is 15.7. The summed E-state index contributed by atoms with van der Waals surface area (Å²) in [7, 11) is 0. The number of aromatic nitrogens is 2. The molecule has 1 aliphatic rings. The molecule has 2 aromatic rings. The first-order valence-corrected chi connectivity index (χ1v) is 8.36. The fraction of sp³-hybridized carbons (Fsp3) is 0.500. The Bertz CT molecular complexity index is 737. The van der Waals surface area contributed by atoms with Gasteiger partial charge in [-0.15, -0.1) is 0 Å². The average molecular weight is 323 g/mol. The van der Waals surface area contributed by atoms with Gasteiger partial charge in [0, 0.05) is 11.6 Å². The number of nitrogens with zero attached hydrogens (tertiary/aromatic N) is 2. The molecule has 1 fully saturated rings. The van der Waals surface area contributed by atoms with Gasteiger partial charge in [-0.05, 0) is 32.0 Å². The number of hydrogen-bond donors (Lipinski definition) is 2. The van der Waals surface area contributed by atoms with E-state index in [4.69, 9.17) is 16.6 Å². The molecule has 3 rings (SSSR count). The van der Waals surface area contributed by atoms with Gasteiger partial charge in [0.05, 0.1) is 10.9 Å². The van der Waals surface area contributed by atoms with Crippen molar-refractivity contribution in [3.05, 3.63) is 39.4 Å². The van der Waals surface area contributed by atoms with E-state index in [9.17, 15) is 4.79 Å². The number of fused-ring (bicyclic) bond motifs is 1. The summed E-state index contributed by atoms with van der Waals surface area (Å²) in [5, 5.41) is 3.53. The Morgan fingerprint density at radius 3 is 2.82 bits per heavy atom. The number of nitrogens with two attached hydrogens (primary N) is 1. The molecule has 0 aliphatic carbocycles. The summed E-state index contributed by atoms with van der Waals surface area (Å²) < 4.78 is 1.80. The van der Waals surface area contributed by atoms with Crippen LogP contribution in [0.25, 0.3) is 10.9 Å². The number of nitrogens with one attached hydrogen (secondary N) is 1. The van der Waals surface area contributed by atoms with E-state index in [1.54, 1.807) is 16.7 Å². The Hall–Kier alpha value is -1.43. The molecular formula is C16H23ClN4O+2. The average Bonchev–Trinajstić information content (AvgIpc) is 2.55. The predicted molar refractivity (Wildman–Crippen MR) is 87.5 cm³/mol. The Labute approximate surface area is 134 Å². The molecule has 1 aromatic heterocycles. The van der Waals surface area contributed by atoms with Crippen LogP contribution in [0.3, 0.4) is 0 Å². The fourth-order valence-corrected chi connectivity index (χ4v) is 3.48. The maximum absolute atomic E-state index is 12.8. The summed E-state index contributed by atoms with van der Waals surface area (Å²) in [5.74, 6) is 0.888. The highest BCUT2D eigenvalue weighted by Gasteiger charge is 2.27. The number of halogens is 1. The molecule has 1 aromatic carbocycles. The quantitative estimate of drug-likeness (QED) is 0.807. The van der Waals surface area contributed by atoms with Gasteiger partial charge in [-0.2, -0.15) is 0 Å². The fourth-order valence-electron chi connectivity index (χ4n) is 3.31. The lowest BCUT2D eigenvalue weighted by atomic mass is 10.2. The van der Waals surface area contributed by atoms with Crippen molar-refractivity contribution in [3.8, 4) is 0 Å². The van der Waals surface area contributed by atoms with Gasteiger partial charge in [0.1, 0.15) is 32.2 Å². The standard InChI is InChI=1S/C16H21ClN4O/c1-3-21-15(11(2)20-8-6-18-7-9-20)19-14-5-4-12(17)10-13(14)16(21)22/h4-5,10-11,18H,3,6-9H2,1-2H3/p+2/t11-/m0/s1. The third-order valence-corrected chi connectivity index (χ3v) is 4.84. The van der Waals surface area contributed by atoms with Gasteiger partial charge < -0.3 is 10.2 Å². The summed E-state index contributed by atoms with van der Waals surface area (Å²) >= 11 is 6.03. The first-order valence-electron chi connectivity index (χ1n) is 7.98. The van der Waals surface area contributed by atoms with Crippen LogP contribution < -0.4 is 15.8 Å². The van der Waals surface area contributed by atoms with Crippen molar-refractivity contribution in [2.75, 3.05) is 26.2 Å². The molecule has 6 heteroatoms. The Kier molecular flexibility index (Phi) is 4.47. The molecule has 1 atom stereocenters. The van der Waals surface area contributed by atoms with Crippen molar-refractivity contribution in [1.29, 1.82) is 0 Å². The van der Waals surface area contributed by atoms with E-state index < -0.39 is 0 Å². The lowest BCUT2D eigenvalue weighted by molar-refractivity contribution is -0.971. The normalized spacial score (nSPS) is 17.8. The molecular weight excluding hydrogens is 300 g/mol. The van der Waals surface area contributed by atoms with Crippen molar-refractivity contribution < 1.29 is 10.2 Å². The second kappa shape index (κ2) is 6.36. The third-order valence-electron chi connectivity index (χ3n) is 4.60. The number of rotatable bonds is 3. The number of piperazine rings is 1. The van der Waals surface area contributed by atoms with E-state index in [1.807, 2.05) is 13.0 Å². The first-order chi connectivity index (χ1) is 10.6. The van der Waals surface area contributed by atoms with Crippen LogP contribution in [-0.4, -0.2) is 35.7 Å². The minimum Gasteiger partial charge on any atom is -0.337 e. The predicted octanol–water partition coefficient (Wildman–Crippen LogP) is -0.407. The van der Waals surface area contributed by atoms with Gasteiger partial charge in [0.2, 0.25) is 0 Å². The maximum Gasteiger partial charge on any atom is 0.261 e. The highest BCUT2D eigenvalue weighted by Crippen LogP contribution is 2.17. The van der Waals surface area contributed by atoms with Crippen LogP contribution in [0.4, 0.5) is 0 Å². The van der Waals surface area contributed by atoms with Crippen LogP contribution in [0.15, 0.2) is 23.0 Å². The van der Waals surface area contributed by atoms with Crippen molar-refractivity contribution >= 4 is 22.5 Å². The Balaban J connectivity index is 2.12. The highest BCUT2D eigenvalue weighted by atomic mass is 35.5. The zero-order valence-corrected chi connectivity index (χ0v) is 13.9. The monoisotopic (exact) mass is 322 g/mol. The van der Waals surface area contributed by atoms with Crippen LogP contribution in [0.5, 0.6) is 0 Å². The molecule has 0 bridgehead atoms. The minimum atomic E-state index is 0.0137. The number of benzene rings is 1. The molecule has 3 N–H and O–H groups in total. The van der Waals surface area contributed by atoms with Crippen molar-refractivity contribution in [2.45, 2.75) is 26.4 Å². The SMILES string of the molecule is CCn1c([C@H](C)[NH+]2CC[NH2+]CC2)nc2ccc(Cl)cc2c1=O. The van der Waals surface area contributed by atoms with E-state index in [0.717, 1.165) is 37.5 Å². The van der Waals surface area contributed by atoms with Gasteiger partial charge in [-0.25, -0.2) is 4.98 Å². The molecule has 1 aliphatic heterocycles. The molecule has 5 nitrogen and oxygen atoms in total.